The fraction of sp³-hybridized carbons (Fsp3) is 0.562. The highest BCUT2D eigenvalue weighted by molar-refractivity contribution is 5.99. The maximum absolute atomic E-state index is 12.8. The van der Waals surface area contributed by atoms with Crippen LogP contribution in [-0.4, -0.2) is 24.0 Å². The lowest BCUT2D eigenvalue weighted by Gasteiger charge is -2.33. The summed E-state index contributed by atoms with van der Waals surface area (Å²) < 4.78 is 0. The predicted molar refractivity (Wildman–Crippen MR) is 77.3 cm³/mol. The Hall–Kier alpha value is -1.35. The van der Waals surface area contributed by atoms with Crippen molar-refractivity contribution in [2.45, 2.75) is 57.7 Å². The lowest BCUT2D eigenvalue weighted by atomic mass is 9.98. The molecule has 1 fully saturated rings. The van der Waals surface area contributed by atoms with Crippen molar-refractivity contribution >= 4 is 11.6 Å². The summed E-state index contributed by atoms with van der Waals surface area (Å²) in [6, 6.07) is 9.02. The summed E-state index contributed by atoms with van der Waals surface area (Å²) in [4.78, 5) is 14.8. The van der Waals surface area contributed by atoms with Gasteiger partial charge < -0.3 is 10.2 Å². The number of hydrogen-bond acceptors (Lipinski definition) is 2. The molecule has 1 saturated heterocycles. The third kappa shape index (κ3) is 2.27. The molecule has 0 aromatic heterocycles. The first kappa shape index (κ1) is 12.7. The molecular formula is C16H22N2O. The van der Waals surface area contributed by atoms with Crippen LogP contribution in [0.3, 0.4) is 0 Å². The Morgan fingerprint density at radius 3 is 2.84 bits per heavy atom. The molecule has 3 unspecified atom stereocenters. The quantitative estimate of drug-likeness (QED) is 0.839. The van der Waals surface area contributed by atoms with Crippen molar-refractivity contribution in [2.24, 2.45) is 0 Å². The van der Waals surface area contributed by atoms with Crippen molar-refractivity contribution in [3.63, 3.8) is 0 Å². The SMILES string of the molecule is CC1CCCC(C(=O)N2c3ccccc3CC2C)N1. The highest BCUT2D eigenvalue weighted by atomic mass is 16.2. The minimum atomic E-state index is -0.00245. The second kappa shape index (κ2) is 4.97. The Morgan fingerprint density at radius 1 is 1.26 bits per heavy atom. The number of nitrogens with zero attached hydrogens (tertiary/aromatic N) is 1. The van der Waals surface area contributed by atoms with E-state index in [1.165, 1.54) is 12.0 Å². The van der Waals surface area contributed by atoms with Crippen LogP contribution in [0.1, 0.15) is 38.7 Å². The molecule has 3 atom stereocenters. The third-order valence-corrected chi connectivity index (χ3v) is 4.36. The monoisotopic (exact) mass is 258 g/mol. The summed E-state index contributed by atoms with van der Waals surface area (Å²) >= 11 is 0. The zero-order valence-electron chi connectivity index (χ0n) is 11.7. The van der Waals surface area contributed by atoms with Crippen molar-refractivity contribution in [2.75, 3.05) is 4.90 Å². The van der Waals surface area contributed by atoms with E-state index in [0.717, 1.165) is 24.9 Å². The van der Waals surface area contributed by atoms with E-state index in [2.05, 4.69) is 37.4 Å². The molecule has 0 radical (unpaired) electrons. The zero-order chi connectivity index (χ0) is 13.4. The van der Waals surface area contributed by atoms with Gasteiger partial charge in [0, 0.05) is 17.8 Å². The summed E-state index contributed by atoms with van der Waals surface area (Å²) in [5.74, 6) is 0.254. The molecule has 19 heavy (non-hydrogen) atoms. The van der Waals surface area contributed by atoms with Gasteiger partial charge in [0.05, 0.1) is 6.04 Å². The van der Waals surface area contributed by atoms with Gasteiger partial charge in [-0.1, -0.05) is 18.2 Å². The maximum atomic E-state index is 12.8. The van der Waals surface area contributed by atoms with Gasteiger partial charge in [0.2, 0.25) is 5.91 Å². The summed E-state index contributed by atoms with van der Waals surface area (Å²) in [6.07, 6.45) is 4.27. The van der Waals surface area contributed by atoms with E-state index in [4.69, 9.17) is 0 Å². The van der Waals surface area contributed by atoms with E-state index in [1.54, 1.807) is 0 Å². The highest BCUT2D eigenvalue weighted by Crippen LogP contribution is 2.33. The van der Waals surface area contributed by atoms with Crippen LogP contribution in [0.5, 0.6) is 0 Å². The van der Waals surface area contributed by atoms with E-state index in [1.807, 2.05) is 11.0 Å². The molecule has 102 valence electrons. The number of hydrogen-bond donors (Lipinski definition) is 1. The average molecular weight is 258 g/mol. The van der Waals surface area contributed by atoms with Crippen molar-refractivity contribution in [3.8, 4) is 0 Å². The lowest BCUT2D eigenvalue weighted by molar-refractivity contribution is -0.121. The van der Waals surface area contributed by atoms with Crippen LogP contribution in [0, 0.1) is 0 Å². The number of carbonyl (C=O) groups excluding carboxylic acids is 1. The van der Waals surface area contributed by atoms with Gasteiger partial charge in [-0.05, 0) is 51.2 Å². The van der Waals surface area contributed by atoms with Gasteiger partial charge in [0.25, 0.3) is 0 Å². The molecule has 1 N–H and O–H groups in total. The topological polar surface area (TPSA) is 32.3 Å². The van der Waals surface area contributed by atoms with Gasteiger partial charge in [0.15, 0.2) is 0 Å². The summed E-state index contributed by atoms with van der Waals surface area (Å²) in [6.45, 7) is 4.31. The van der Waals surface area contributed by atoms with E-state index < -0.39 is 0 Å². The molecular weight excluding hydrogens is 236 g/mol. The third-order valence-electron chi connectivity index (χ3n) is 4.36. The molecule has 2 aliphatic rings. The number of anilines is 1. The molecule has 3 heteroatoms. The van der Waals surface area contributed by atoms with Crippen LogP contribution in [0.4, 0.5) is 5.69 Å². The van der Waals surface area contributed by atoms with Gasteiger partial charge in [-0.15, -0.1) is 0 Å². The maximum Gasteiger partial charge on any atom is 0.244 e. The van der Waals surface area contributed by atoms with E-state index in [-0.39, 0.29) is 18.0 Å². The van der Waals surface area contributed by atoms with Crippen molar-refractivity contribution in [1.82, 2.24) is 5.32 Å². The van der Waals surface area contributed by atoms with E-state index >= 15 is 0 Å². The summed E-state index contributed by atoms with van der Waals surface area (Å²) in [5.41, 5.74) is 2.41. The summed E-state index contributed by atoms with van der Waals surface area (Å²) in [5, 5.41) is 3.45. The minimum Gasteiger partial charge on any atom is -0.308 e. The standard InChI is InChI=1S/C16H22N2O/c1-11-6-5-8-14(17-11)16(19)18-12(2)10-13-7-3-4-9-15(13)18/h3-4,7,9,11-12,14,17H,5-6,8,10H2,1-2H3. The van der Waals surface area contributed by atoms with Gasteiger partial charge in [-0.3, -0.25) is 4.79 Å². The molecule has 2 heterocycles. The van der Waals surface area contributed by atoms with E-state index in [9.17, 15) is 4.79 Å². The van der Waals surface area contributed by atoms with Crippen LogP contribution in [0.25, 0.3) is 0 Å². The molecule has 1 aromatic carbocycles. The first-order valence-electron chi connectivity index (χ1n) is 7.34. The normalized spacial score (nSPS) is 30.2. The van der Waals surface area contributed by atoms with Gasteiger partial charge in [-0.25, -0.2) is 0 Å². The van der Waals surface area contributed by atoms with Crippen LogP contribution in [0.2, 0.25) is 0 Å². The van der Waals surface area contributed by atoms with Crippen LogP contribution in [0.15, 0.2) is 24.3 Å². The fourth-order valence-electron chi connectivity index (χ4n) is 3.40. The number of para-hydroxylation sites is 1. The number of rotatable bonds is 1. The fourth-order valence-corrected chi connectivity index (χ4v) is 3.40. The molecule has 0 saturated carbocycles. The van der Waals surface area contributed by atoms with Crippen molar-refractivity contribution < 1.29 is 4.79 Å². The number of fused-ring (bicyclic) bond motifs is 1. The Kier molecular flexibility index (Phi) is 3.31. The van der Waals surface area contributed by atoms with Gasteiger partial charge >= 0.3 is 0 Å². The molecule has 2 aliphatic heterocycles. The highest BCUT2D eigenvalue weighted by Gasteiger charge is 2.35. The first-order valence-corrected chi connectivity index (χ1v) is 7.34. The number of carbonyl (C=O) groups is 1. The number of benzene rings is 1. The zero-order valence-corrected chi connectivity index (χ0v) is 11.7. The van der Waals surface area contributed by atoms with Gasteiger partial charge in [-0.2, -0.15) is 0 Å². The second-order valence-corrected chi connectivity index (χ2v) is 5.94. The predicted octanol–water partition coefficient (Wildman–Crippen LogP) is 2.49. The minimum absolute atomic E-state index is 0.00245. The van der Waals surface area contributed by atoms with Crippen molar-refractivity contribution in [1.29, 1.82) is 0 Å². The molecule has 1 aromatic rings. The Morgan fingerprint density at radius 2 is 2.05 bits per heavy atom. The van der Waals surface area contributed by atoms with Gasteiger partial charge in [0.1, 0.15) is 0 Å². The average Bonchev–Trinajstić information content (AvgIpc) is 2.74. The number of piperidine rings is 1. The first-order chi connectivity index (χ1) is 9.16. The Bertz CT molecular complexity index is 485. The molecule has 3 nitrogen and oxygen atoms in total. The lowest BCUT2D eigenvalue weighted by Crippen LogP contribution is -2.52. The molecule has 3 rings (SSSR count). The van der Waals surface area contributed by atoms with Crippen LogP contribution in [-0.2, 0) is 11.2 Å². The van der Waals surface area contributed by atoms with E-state index in [0.29, 0.717) is 6.04 Å². The number of nitrogens with one attached hydrogen (secondary N) is 1. The second-order valence-electron chi connectivity index (χ2n) is 5.94. The molecule has 0 bridgehead atoms. The van der Waals surface area contributed by atoms with Crippen molar-refractivity contribution in [3.05, 3.63) is 29.8 Å². The largest absolute Gasteiger partial charge is 0.308 e. The van der Waals surface area contributed by atoms with Crippen LogP contribution >= 0.6 is 0 Å². The molecule has 0 aliphatic carbocycles. The smallest absolute Gasteiger partial charge is 0.244 e. The number of amides is 1. The Labute approximate surface area is 115 Å². The molecule has 0 spiro atoms. The molecule has 1 amide bonds. The van der Waals surface area contributed by atoms with Crippen LogP contribution < -0.4 is 10.2 Å². The summed E-state index contributed by atoms with van der Waals surface area (Å²) in [7, 11) is 0. The Balaban J connectivity index is 1.83.